The molecular weight excluding hydrogens is 390 g/mol. The second-order valence-corrected chi connectivity index (χ2v) is 7.88. The molecule has 1 aliphatic carbocycles. The van der Waals surface area contributed by atoms with Crippen LogP contribution in [0, 0.1) is 0 Å². The first kappa shape index (κ1) is 17.6. The Balaban J connectivity index is 1.65. The number of nitrogens with zero attached hydrogens (tertiary/aromatic N) is 1. The zero-order valence-electron chi connectivity index (χ0n) is 16.5. The first-order valence-corrected chi connectivity index (χ1v) is 9.80. The minimum absolute atomic E-state index is 0.0604. The van der Waals surface area contributed by atoms with Crippen molar-refractivity contribution < 1.29 is 33.3 Å². The number of hydrogen-bond acceptors (Lipinski definition) is 8. The van der Waals surface area contributed by atoms with Crippen LogP contribution < -0.4 is 18.9 Å². The second-order valence-electron chi connectivity index (χ2n) is 7.88. The van der Waals surface area contributed by atoms with Gasteiger partial charge in [0.25, 0.3) is 0 Å². The third-order valence-electron chi connectivity index (χ3n) is 6.42. The van der Waals surface area contributed by atoms with Crippen molar-refractivity contribution in [3.63, 3.8) is 0 Å². The molecule has 2 aromatic rings. The predicted molar refractivity (Wildman–Crippen MR) is 102 cm³/mol. The van der Waals surface area contributed by atoms with Gasteiger partial charge in [-0.1, -0.05) is 0 Å². The third kappa shape index (κ3) is 2.04. The Morgan fingerprint density at radius 1 is 1.10 bits per heavy atom. The first-order valence-electron chi connectivity index (χ1n) is 9.80. The minimum Gasteiger partial charge on any atom is -0.455 e. The number of carbonyl (C=O) groups excluding carboxylic acids is 2. The Morgan fingerprint density at radius 2 is 1.83 bits per heavy atom. The van der Waals surface area contributed by atoms with Crippen molar-refractivity contribution in [2.75, 3.05) is 27.2 Å². The Labute approximate surface area is 172 Å². The third-order valence-corrected chi connectivity index (χ3v) is 6.42. The largest absolute Gasteiger partial charge is 0.455 e. The van der Waals surface area contributed by atoms with Gasteiger partial charge in [0.2, 0.25) is 13.6 Å². The van der Waals surface area contributed by atoms with Crippen molar-refractivity contribution in [1.29, 1.82) is 0 Å². The minimum atomic E-state index is -1.22. The lowest BCUT2D eigenvalue weighted by Crippen LogP contribution is -2.55. The van der Waals surface area contributed by atoms with Crippen LogP contribution in [0.5, 0.6) is 23.0 Å². The predicted octanol–water partition coefficient (Wildman–Crippen LogP) is 2.33. The Bertz CT molecular complexity index is 1130. The molecule has 3 heterocycles. The van der Waals surface area contributed by atoms with E-state index in [0.717, 1.165) is 17.5 Å². The molecule has 3 aliphatic heterocycles. The average molecular weight is 409 g/mol. The Hall–Kier alpha value is -3.26. The molecule has 0 saturated heterocycles. The van der Waals surface area contributed by atoms with Gasteiger partial charge in [0.1, 0.15) is 0 Å². The molecule has 2 aromatic carbocycles. The summed E-state index contributed by atoms with van der Waals surface area (Å²) < 4.78 is 28.2. The molecule has 0 radical (unpaired) electrons. The molecule has 2 unspecified atom stereocenters. The molecular formula is C22H19NO7. The number of likely N-dealkylation sites (N-methyl/N-ethyl adjacent to an activating group) is 1. The van der Waals surface area contributed by atoms with Gasteiger partial charge in [-0.05, 0) is 48.9 Å². The molecule has 8 heteroatoms. The number of hydrogen-bond donors (Lipinski definition) is 0. The van der Waals surface area contributed by atoms with Gasteiger partial charge in [-0.15, -0.1) is 0 Å². The summed E-state index contributed by atoms with van der Waals surface area (Å²) in [6, 6.07) is 7.24. The van der Waals surface area contributed by atoms with Crippen LogP contribution in [0.25, 0.3) is 0 Å². The van der Waals surface area contributed by atoms with E-state index in [-0.39, 0.29) is 19.4 Å². The summed E-state index contributed by atoms with van der Waals surface area (Å²) in [6.07, 6.45) is -0.142. The van der Waals surface area contributed by atoms with Crippen molar-refractivity contribution in [3.05, 3.63) is 46.5 Å². The lowest BCUT2D eigenvalue weighted by molar-refractivity contribution is -0.153. The van der Waals surface area contributed by atoms with Crippen LogP contribution in [0.1, 0.15) is 40.1 Å². The number of fused-ring (bicyclic) bond motifs is 6. The topological polar surface area (TPSA) is 83.5 Å². The number of ketones is 1. The highest BCUT2D eigenvalue weighted by molar-refractivity contribution is 6.10. The van der Waals surface area contributed by atoms with Crippen molar-refractivity contribution in [2.45, 2.75) is 25.0 Å². The van der Waals surface area contributed by atoms with Gasteiger partial charge >= 0.3 is 5.97 Å². The molecule has 154 valence electrons. The molecule has 30 heavy (non-hydrogen) atoms. The highest BCUT2D eigenvalue weighted by atomic mass is 16.7. The summed E-state index contributed by atoms with van der Waals surface area (Å²) in [6.45, 7) is 2.16. The van der Waals surface area contributed by atoms with Crippen molar-refractivity contribution in [3.8, 4) is 23.0 Å². The van der Waals surface area contributed by atoms with Crippen molar-refractivity contribution in [1.82, 2.24) is 4.90 Å². The summed E-state index contributed by atoms with van der Waals surface area (Å²) in [4.78, 5) is 28.2. The second kappa shape index (κ2) is 5.89. The van der Waals surface area contributed by atoms with Crippen LogP contribution in [0.15, 0.2) is 24.3 Å². The first-order chi connectivity index (χ1) is 14.5. The number of rotatable bonds is 1. The fourth-order valence-electron chi connectivity index (χ4n) is 5.15. The Morgan fingerprint density at radius 3 is 2.63 bits per heavy atom. The van der Waals surface area contributed by atoms with Gasteiger partial charge in [-0.2, -0.15) is 0 Å². The standard InChI is InChI=1S/C22H19NO7/c1-11(24)30-21-18-13(3-4-15-19(18)29-10-26-15)20(25)22(21)14-8-17-16(27-9-28-17)7-12(14)5-6-23(22)2/h3-4,7-8,21H,5-6,9-10H2,1-2H3. The molecule has 4 aliphatic rings. The van der Waals surface area contributed by atoms with Gasteiger partial charge in [-0.25, -0.2) is 0 Å². The summed E-state index contributed by atoms with van der Waals surface area (Å²) in [5.74, 6) is 1.64. The van der Waals surface area contributed by atoms with E-state index < -0.39 is 17.6 Å². The zero-order valence-corrected chi connectivity index (χ0v) is 16.5. The number of esters is 1. The van der Waals surface area contributed by atoms with E-state index >= 15 is 0 Å². The number of Topliss-reactive ketones (excluding diaryl/α,β-unsaturated/α-hetero) is 1. The molecule has 6 rings (SSSR count). The van der Waals surface area contributed by atoms with E-state index in [0.29, 0.717) is 40.7 Å². The summed E-state index contributed by atoms with van der Waals surface area (Å²) in [5.41, 5.74) is 1.56. The molecule has 1 spiro atoms. The summed E-state index contributed by atoms with van der Waals surface area (Å²) in [5, 5.41) is 0. The molecule has 0 N–H and O–H groups in total. The van der Waals surface area contributed by atoms with Crippen LogP contribution >= 0.6 is 0 Å². The van der Waals surface area contributed by atoms with Gasteiger partial charge in [0.15, 0.2) is 40.4 Å². The fourth-order valence-corrected chi connectivity index (χ4v) is 5.15. The molecule has 2 atom stereocenters. The zero-order chi connectivity index (χ0) is 20.6. The van der Waals surface area contributed by atoms with Crippen molar-refractivity contribution in [2.24, 2.45) is 0 Å². The van der Waals surface area contributed by atoms with E-state index in [1.807, 2.05) is 24.1 Å². The molecule has 0 aromatic heterocycles. The lowest BCUT2D eigenvalue weighted by Gasteiger charge is -2.45. The maximum atomic E-state index is 14.0. The van der Waals surface area contributed by atoms with E-state index in [1.165, 1.54) is 6.92 Å². The van der Waals surface area contributed by atoms with E-state index in [2.05, 4.69) is 0 Å². The van der Waals surface area contributed by atoms with Crippen LogP contribution in [-0.4, -0.2) is 43.8 Å². The van der Waals surface area contributed by atoms with Gasteiger partial charge in [0.05, 0.1) is 5.56 Å². The molecule has 0 fully saturated rings. The van der Waals surface area contributed by atoms with Crippen LogP contribution in [0.3, 0.4) is 0 Å². The monoisotopic (exact) mass is 409 g/mol. The van der Waals surface area contributed by atoms with E-state index in [9.17, 15) is 9.59 Å². The van der Waals surface area contributed by atoms with Gasteiger partial charge in [-0.3, -0.25) is 14.5 Å². The summed E-state index contributed by atoms with van der Waals surface area (Å²) >= 11 is 0. The van der Waals surface area contributed by atoms with Crippen molar-refractivity contribution >= 4 is 11.8 Å². The van der Waals surface area contributed by atoms with Gasteiger partial charge in [0, 0.05) is 19.0 Å². The summed E-state index contributed by atoms with van der Waals surface area (Å²) in [7, 11) is 1.88. The normalized spacial score (nSPS) is 25.4. The van der Waals surface area contributed by atoms with E-state index in [4.69, 9.17) is 23.7 Å². The highest BCUT2D eigenvalue weighted by Gasteiger charge is 2.62. The molecule has 0 amide bonds. The molecule has 8 nitrogen and oxygen atoms in total. The highest BCUT2D eigenvalue weighted by Crippen LogP contribution is 2.59. The quantitative estimate of drug-likeness (QED) is 0.664. The van der Waals surface area contributed by atoms with Gasteiger partial charge < -0.3 is 23.7 Å². The number of carbonyl (C=O) groups is 2. The average Bonchev–Trinajstić information content (AvgIpc) is 3.42. The number of benzene rings is 2. The van der Waals surface area contributed by atoms with Crippen LogP contribution in [0.2, 0.25) is 0 Å². The molecule has 0 saturated carbocycles. The molecule has 0 bridgehead atoms. The number of ether oxygens (including phenoxy) is 5. The fraction of sp³-hybridized carbons (Fsp3) is 0.364. The SMILES string of the molecule is CC(=O)OC1c2c(ccc3c2OCO3)C(=O)C12c1cc3c(cc1CCN2C)OCO3. The maximum absolute atomic E-state index is 14.0. The van der Waals surface area contributed by atoms with Crippen LogP contribution in [-0.2, 0) is 21.5 Å². The van der Waals surface area contributed by atoms with Crippen LogP contribution in [0.4, 0.5) is 0 Å². The maximum Gasteiger partial charge on any atom is 0.303 e. The van der Waals surface area contributed by atoms with E-state index in [1.54, 1.807) is 12.1 Å². The smallest absolute Gasteiger partial charge is 0.303 e. The lowest BCUT2D eigenvalue weighted by atomic mass is 9.76. The Kier molecular flexibility index (Phi) is 3.45.